The molecule has 0 aromatic carbocycles. The summed E-state index contributed by atoms with van der Waals surface area (Å²) in [5, 5.41) is 0. The molecule has 2 aromatic rings. The van der Waals surface area contributed by atoms with Crippen LogP contribution in [0.5, 0.6) is 0 Å². The van der Waals surface area contributed by atoms with Crippen LogP contribution < -0.4 is 0 Å². The van der Waals surface area contributed by atoms with Crippen LogP contribution in [-0.4, -0.2) is 62.2 Å². The number of rotatable bonds is 2. The molecule has 4 heterocycles. The molecule has 4 rings (SSSR count). The molecule has 1 unspecified atom stereocenters. The van der Waals surface area contributed by atoms with Gasteiger partial charge in [0.25, 0.3) is 5.91 Å². The lowest BCUT2D eigenvalue weighted by molar-refractivity contribution is -0.130. The van der Waals surface area contributed by atoms with Gasteiger partial charge >= 0.3 is 0 Å². The van der Waals surface area contributed by atoms with Crippen LogP contribution in [0.1, 0.15) is 41.2 Å². The number of pyridine rings is 1. The van der Waals surface area contributed by atoms with E-state index in [0.717, 1.165) is 18.4 Å². The minimum atomic E-state index is -0.239. The molecule has 2 amide bonds. The maximum atomic E-state index is 12.6. The molecular weight excluding hydrogens is 330 g/mol. The van der Waals surface area contributed by atoms with Gasteiger partial charge in [-0.05, 0) is 30.5 Å². The van der Waals surface area contributed by atoms with Crippen LogP contribution >= 0.6 is 0 Å². The summed E-state index contributed by atoms with van der Waals surface area (Å²) < 4.78 is 0. The predicted molar refractivity (Wildman–Crippen MR) is 94.3 cm³/mol. The molecule has 0 aliphatic carbocycles. The molecule has 2 saturated heterocycles. The van der Waals surface area contributed by atoms with E-state index in [-0.39, 0.29) is 23.3 Å². The van der Waals surface area contributed by atoms with Gasteiger partial charge in [0.05, 0.1) is 11.7 Å². The summed E-state index contributed by atoms with van der Waals surface area (Å²) in [5.74, 6) is 0.206. The Kier molecular flexibility index (Phi) is 4.14. The molecule has 0 N–H and O–H groups in total. The third kappa shape index (κ3) is 2.64. The van der Waals surface area contributed by atoms with Gasteiger partial charge in [0.2, 0.25) is 5.91 Å². The molecule has 0 bridgehead atoms. The minimum absolute atomic E-state index is 0.0969. The van der Waals surface area contributed by atoms with Crippen molar-refractivity contribution in [2.24, 2.45) is 0 Å². The predicted octanol–water partition coefficient (Wildman–Crippen LogP) is 1.49. The summed E-state index contributed by atoms with van der Waals surface area (Å²) >= 11 is 0. The van der Waals surface area contributed by atoms with Crippen LogP contribution in [-0.2, 0) is 4.79 Å². The van der Waals surface area contributed by atoms with Gasteiger partial charge in [-0.3, -0.25) is 19.6 Å². The van der Waals surface area contributed by atoms with Crippen molar-refractivity contribution in [3.63, 3.8) is 0 Å². The summed E-state index contributed by atoms with van der Waals surface area (Å²) in [4.78, 5) is 41.0. The molecule has 134 valence electrons. The Bertz CT molecular complexity index is 803. The van der Waals surface area contributed by atoms with Gasteiger partial charge < -0.3 is 9.80 Å². The molecule has 26 heavy (non-hydrogen) atoms. The van der Waals surface area contributed by atoms with Crippen molar-refractivity contribution in [2.45, 2.75) is 30.7 Å². The molecule has 2 aliphatic rings. The molecule has 7 nitrogen and oxygen atoms in total. The molecule has 0 radical (unpaired) electrons. The standard InChI is InChI=1S/C19H21N5O2/c1-23-17(25)12-15(14-2-6-20-7-3-14)19(23)4-10-24(11-5-19)18(26)16-13-21-8-9-22-16/h2-3,6-9,13,15H,4-5,10-12H2,1H3. The SMILES string of the molecule is CN1C(=O)CC(c2ccncc2)C12CCN(C(=O)c1cnccn1)CC2. The first-order valence-electron chi connectivity index (χ1n) is 8.84. The van der Waals surface area contributed by atoms with Crippen LogP contribution in [0.15, 0.2) is 43.1 Å². The number of carbonyl (C=O) groups excluding carboxylic acids is 2. The van der Waals surface area contributed by atoms with Crippen molar-refractivity contribution in [1.29, 1.82) is 0 Å². The van der Waals surface area contributed by atoms with E-state index in [1.165, 1.54) is 12.4 Å². The summed E-state index contributed by atoms with van der Waals surface area (Å²) in [5.41, 5.74) is 1.27. The second-order valence-corrected chi connectivity index (χ2v) is 6.98. The Morgan fingerprint density at radius 1 is 1.12 bits per heavy atom. The highest BCUT2D eigenvalue weighted by molar-refractivity contribution is 5.92. The van der Waals surface area contributed by atoms with Crippen LogP contribution in [0.2, 0.25) is 0 Å². The second kappa shape index (κ2) is 6.48. The number of carbonyl (C=O) groups is 2. The van der Waals surface area contributed by atoms with E-state index in [9.17, 15) is 9.59 Å². The van der Waals surface area contributed by atoms with Crippen LogP contribution in [0.4, 0.5) is 0 Å². The highest BCUT2D eigenvalue weighted by Gasteiger charge is 2.53. The van der Waals surface area contributed by atoms with E-state index in [1.54, 1.807) is 18.6 Å². The lowest BCUT2D eigenvalue weighted by Gasteiger charge is -2.46. The van der Waals surface area contributed by atoms with Crippen molar-refractivity contribution in [2.75, 3.05) is 20.1 Å². The number of aromatic nitrogens is 3. The zero-order chi connectivity index (χ0) is 18.1. The zero-order valence-electron chi connectivity index (χ0n) is 14.7. The summed E-state index contributed by atoms with van der Waals surface area (Å²) in [6, 6.07) is 3.99. The minimum Gasteiger partial charge on any atom is -0.339 e. The van der Waals surface area contributed by atoms with Gasteiger partial charge in [0.15, 0.2) is 0 Å². The van der Waals surface area contributed by atoms with Gasteiger partial charge in [-0.1, -0.05) is 0 Å². The number of hydrogen-bond donors (Lipinski definition) is 0. The fourth-order valence-electron chi connectivity index (χ4n) is 4.36. The molecule has 1 atom stereocenters. The zero-order valence-corrected chi connectivity index (χ0v) is 14.7. The smallest absolute Gasteiger partial charge is 0.274 e. The van der Waals surface area contributed by atoms with Gasteiger partial charge in [-0.2, -0.15) is 0 Å². The number of amides is 2. The molecule has 2 fully saturated rings. The number of piperidine rings is 1. The lowest BCUT2D eigenvalue weighted by Crippen LogP contribution is -2.55. The topological polar surface area (TPSA) is 79.3 Å². The second-order valence-electron chi connectivity index (χ2n) is 6.98. The van der Waals surface area contributed by atoms with Crippen molar-refractivity contribution >= 4 is 11.8 Å². The largest absolute Gasteiger partial charge is 0.339 e. The van der Waals surface area contributed by atoms with E-state index in [4.69, 9.17) is 0 Å². The first-order valence-corrected chi connectivity index (χ1v) is 8.84. The molecular formula is C19H21N5O2. The molecule has 2 aromatic heterocycles. The maximum Gasteiger partial charge on any atom is 0.274 e. The Labute approximate surface area is 152 Å². The van der Waals surface area contributed by atoms with Gasteiger partial charge in [-0.15, -0.1) is 0 Å². The van der Waals surface area contributed by atoms with Crippen molar-refractivity contribution < 1.29 is 9.59 Å². The van der Waals surface area contributed by atoms with Gasteiger partial charge in [0.1, 0.15) is 5.69 Å². The van der Waals surface area contributed by atoms with Crippen molar-refractivity contribution in [3.8, 4) is 0 Å². The van der Waals surface area contributed by atoms with Crippen LogP contribution in [0.25, 0.3) is 0 Å². The monoisotopic (exact) mass is 351 g/mol. The highest BCUT2D eigenvalue weighted by atomic mass is 16.2. The van der Waals surface area contributed by atoms with E-state index < -0.39 is 0 Å². The summed E-state index contributed by atoms with van der Waals surface area (Å²) in [6.07, 6.45) is 10.2. The first kappa shape index (κ1) is 16.6. The maximum absolute atomic E-state index is 12.6. The average molecular weight is 351 g/mol. The fraction of sp³-hybridized carbons (Fsp3) is 0.421. The average Bonchev–Trinajstić information content (AvgIpc) is 2.94. The Hall–Kier alpha value is -2.83. The van der Waals surface area contributed by atoms with E-state index >= 15 is 0 Å². The van der Waals surface area contributed by atoms with Gasteiger partial charge in [-0.25, -0.2) is 4.98 Å². The number of likely N-dealkylation sites (N-methyl/N-ethyl adjacent to an activating group) is 1. The number of hydrogen-bond acceptors (Lipinski definition) is 5. The van der Waals surface area contributed by atoms with E-state index in [2.05, 4.69) is 15.0 Å². The number of nitrogens with zero attached hydrogens (tertiary/aromatic N) is 5. The Balaban J connectivity index is 1.56. The molecule has 0 saturated carbocycles. The third-order valence-electron chi connectivity index (χ3n) is 5.88. The van der Waals surface area contributed by atoms with Crippen LogP contribution in [0, 0.1) is 0 Å². The fourth-order valence-corrected chi connectivity index (χ4v) is 4.36. The van der Waals surface area contributed by atoms with Crippen molar-refractivity contribution in [3.05, 3.63) is 54.4 Å². The Morgan fingerprint density at radius 3 is 2.50 bits per heavy atom. The Morgan fingerprint density at radius 2 is 1.85 bits per heavy atom. The normalized spacial score (nSPS) is 22.0. The molecule has 2 aliphatic heterocycles. The summed E-state index contributed by atoms with van der Waals surface area (Å²) in [7, 11) is 1.89. The quantitative estimate of drug-likeness (QED) is 0.819. The number of likely N-dealkylation sites (tertiary alicyclic amines) is 2. The lowest BCUT2D eigenvalue weighted by atomic mass is 9.74. The third-order valence-corrected chi connectivity index (χ3v) is 5.88. The van der Waals surface area contributed by atoms with E-state index in [1.807, 2.05) is 29.0 Å². The van der Waals surface area contributed by atoms with Crippen molar-refractivity contribution in [1.82, 2.24) is 24.8 Å². The summed E-state index contributed by atoms with van der Waals surface area (Å²) in [6.45, 7) is 1.21. The highest BCUT2D eigenvalue weighted by Crippen LogP contribution is 2.48. The first-order chi connectivity index (χ1) is 12.6. The van der Waals surface area contributed by atoms with Crippen LogP contribution in [0.3, 0.4) is 0 Å². The van der Waals surface area contributed by atoms with Gasteiger partial charge in [0, 0.05) is 57.3 Å². The molecule has 7 heteroatoms. The van der Waals surface area contributed by atoms with E-state index in [0.29, 0.717) is 25.2 Å². The molecule has 1 spiro atoms.